The van der Waals surface area contributed by atoms with Gasteiger partial charge in [0.25, 0.3) is 0 Å². The molecule has 0 atom stereocenters. The van der Waals surface area contributed by atoms with Crippen molar-refractivity contribution in [2.75, 3.05) is 19.6 Å². The zero-order chi connectivity index (χ0) is 16.7. The maximum Gasteiger partial charge on any atom is 0.222 e. The Morgan fingerprint density at radius 1 is 1.35 bits per heavy atom. The molecule has 2 rings (SSSR count). The van der Waals surface area contributed by atoms with Crippen molar-refractivity contribution in [2.24, 2.45) is 16.6 Å². The van der Waals surface area contributed by atoms with Crippen molar-refractivity contribution < 1.29 is 4.79 Å². The van der Waals surface area contributed by atoms with Crippen LogP contribution in [0.5, 0.6) is 0 Å². The molecule has 5 heteroatoms. The van der Waals surface area contributed by atoms with E-state index in [1.807, 2.05) is 11.0 Å². The van der Waals surface area contributed by atoms with Gasteiger partial charge in [-0.3, -0.25) is 9.79 Å². The van der Waals surface area contributed by atoms with Crippen LogP contribution in [-0.4, -0.2) is 36.4 Å². The van der Waals surface area contributed by atoms with Crippen LogP contribution >= 0.6 is 0 Å². The predicted molar refractivity (Wildman–Crippen MR) is 94.1 cm³/mol. The normalized spacial score (nSPS) is 14.7. The molecule has 0 aromatic heterocycles. The number of hydrogen-bond donors (Lipinski definition) is 2. The molecule has 1 aliphatic heterocycles. The number of carbonyl (C=O) groups excluding carboxylic acids is 1. The first-order valence-corrected chi connectivity index (χ1v) is 8.44. The molecule has 1 heterocycles. The maximum atomic E-state index is 12.3. The largest absolute Gasteiger partial charge is 0.370 e. The van der Waals surface area contributed by atoms with Crippen molar-refractivity contribution in [2.45, 2.75) is 39.7 Å². The van der Waals surface area contributed by atoms with E-state index in [0.717, 1.165) is 32.5 Å². The highest BCUT2D eigenvalue weighted by Gasteiger charge is 2.19. The predicted octanol–water partition coefficient (Wildman–Crippen LogP) is 1.91. The summed E-state index contributed by atoms with van der Waals surface area (Å²) in [6, 6.07) is 8.37. The first-order chi connectivity index (χ1) is 11.1. The first kappa shape index (κ1) is 17.3. The van der Waals surface area contributed by atoms with E-state index in [0.29, 0.717) is 24.8 Å². The Morgan fingerprint density at radius 2 is 2.09 bits per heavy atom. The quantitative estimate of drug-likeness (QED) is 0.478. The standard InChI is InChI=1S/C18H28N4O/c1-14(2)12-21-18(19)20-10-5-8-17(23)22-11-9-15-6-3-4-7-16(15)13-22/h3-4,6-7,14H,5,8-13H2,1-2H3,(H3,19,20,21). The van der Waals surface area contributed by atoms with Crippen LogP contribution < -0.4 is 11.1 Å². The summed E-state index contributed by atoms with van der Waals surface area (Å²) >= 11 is 0. The summed E-state index contributed by atoms with van der Waals surface area (Å²) in [7, 11) is 0. The van der Waals surface area contributed by atoms with E-state index in [-0.39, 0.29) is 5.91 Å². The molecule has 5 nitrogen and oxygen atoms in total. The van der Waals surface area contributed by atoms with Crippen molar-refractivity contribution >= 4 is 11.9 Å². The number of nitrogens with one attached hydrogen (secondary N) is 1. The lowest BCUT2D eigenvalue weighted by Crippen LogP contribution is -2.37. The van der Waals surface area contributed by atoms with Crippen LogP contribution in [0.25, 0.3) is 0 Å². The minimum absolute atomic E-state index is 0.221. The van der Waals surface area contributed by atoms with Crippen molar-refractivity contribution in [1.82, 2.24) is 10.2 Å². The fourth-order valence-corrected chi connectivity index (χ4v) is 2.66. The molecule has 0 unspecified atom stereocenters. The SMILES string of the molecule is CC(C)CN=C(N)NCCCC(=O)N1CCc2ccccc2C1. The number of nitrogens with zero attached hydrogens (tertiary/aromatic N) is 2. The Morgan fingerprint density at radius 3 is 2.83 bits per heavy atom. The van der Waals surface area contributed by atoms with Crippen molar-refractivity contribution in [3.63, 3.8) is 0 Å². The molecule has 0 saturated carbocycles. The molecule has 3 N–H and O–H groups in total. The van der Waals surface area contributed by atoms with Gasteiger partial charge in [-0.25, -0.2) is 0 Å². The van der Waals surface area contributed by atoms with Gasteiger partial charge in [0.2, 0.25) is 5.91 Å². The van der Waals surface area contributed by atoms with Gasteiger partial charge < -0.3 is 16.0 Å². The molecular formula is C18H28N4O. The molecule has 0 aliphatic carbocycles. The van der Waals surface area contributed by atoms with E-state index in [9.17, 15) is 4.79 Å². The number of carbonyl (C=O) groups is 1. The van der Waals surface area contributed by atoms with Crippen LogP contribution in [0, 0.1) is 5.92 Å². The highest BCUT2D eigenvalue weighted by molar-refractivity contribution is 5.78. The summed E-state index contributed by atoms with van der Waals surface area (Å²) in [6.07, 6.45) is 2.27. The second kappa shape index (κ2) is 8.56. The molecule has 1 aliphatic rings. The van der Waals surface area contributed by atoms with Gasteiger partial charge in [0.1, 0.15) is 0 Å². The van der Waals surface area contributed by atoms with Gasteiger partial charge in [-0.1, -0.05) is 38.1 Å². The highest BCUT2D eigenvalue weighted by atomic mass is 16.2. The molecule has 1 amide bonds. The van der Waals surface area contributed by atoms with Crippen LogP contribution in [0.1, 0.15) is 37.8 Å². The smallest absolute Gasteiger partial charge is 0.222 e. The second-order valence-electron chi connectivity index (χ2n) is 6.48. The van der Waals surface area contributed by atoms with Gasteiger partial charge in [0, 0.05) is 32.6 Å². The molecule has 1 aromatic carbocycles. The van der Waals surface area contributed by atoms with E-state index in [1.54, 1.807) is 0 Å². The van der Waals surface area contributed by atoms with Crippen LogP contribution in [0.3, 0.4) is 0 Å². The van der Waals surface area contributed by atoms with Gasteiger partial charge in [-0.05, 0) is 29.9 Å². The number of rotatable bonds is 6. The van der Waals surface area contributed by atoms with Crippen LogP contribution in [0.2, 0.25) is 0 Å². The molecule has 126 valence electrons. The van der Waals surface area contributed by atoms with E-state index in [4.69, 9.17) is 5.73 Å². The second-order valence-corrected chi connectivity index (χ2v) is 6.48. The van der Waals surface area contributed by atoms with E-state index < -0.39 is 0 Å². The lowest BCUT2D eigenvalue weighted by Gasteiger charge is -2.29. The van der Waals surface area contributed by atoms with Crippen LogP contribution in [-0.2, 0) is 17.8 Å². The Labute approximate surface area is 139 Å². The summed E-state index contributed by atoms with van der Waals surface area (Å²) in [4.78, 5) is 18.5. The Balaban J connectivity index is 1.69. The number of nitrogens with two attached hydrogens (primary N) is 1. The minimum atomic E-state index is 0.221. The minimum Gasteiger partial charge on any atom is -0.370 e. The van der Waals surface area contributed by atoms with Crippen molar-refractivity contribution in [3.05, 3.63) is 35.4 Å². The Bertz CT molecular complexity index is 554. The maximum absolute atomic E-state index is 12.3. The molecule has 23 heavy (non-hydrogen) atoms. The zero-order valence-electron chi connectivity index (χ0n) is 14.2. The number of hydrogen-bond acceptors (Lipinski definition) is 2. The molecule has 0 spiro atoms. The number of guanidine groups is 1. The van der Waals surface area contributed by atoms with Gasteiger partial charge in [0.05, 0.1) is 0 Å². The fourth-order valence-electron chi connectivity index (χ4n) is 2.66. The molecule has 0 bridgehead atoms. The van der Waals surface area contributed by atoms with Crippen molar-refractivity contribution in [3.8, 4) is 0 Å². The average Bonchev–Trinajstić information content (AvgIpc) is 2.56. The molecule has 0 fully saturated rings. The third-order valence-corrected chi connectivity index (χ3v) is 3.98. The summed E-state index contributed by atoms with van der Waals surface area (Å²) in [5.41, 5.74) is 8.42. The summed E-state index contributed by atoms with van der Waals surface area (Å²) in [5.74, 6) is 1.19. The zero-order valence-corrected chi connectivity index (χ0v) is 14.2. The summed E-state index contributed by atoms with van der Waals surface area (Å²) < 4.78 is 0. The topological polar surface area (TPSA) is 70.7 Å². The summed E-state index contributed by atoms with van der Waals surface area (Å²) in [6.45, 7) is 7.18. The first-order valence-electron chi connectivity index (χ1n) is 8.44. The number of amides is 1. The Hall–Kier alpha value is -2.04. The molecule has 0 saturated heterocycles. The lowest BCUT2D eigenvalue weighted by atomic mass is 9.99. The van der Waals surface area contributed by atoms with Gasteiger partial charge in [0.15, 0.2) is 5.96 Å². The van der Waals surface area contributed by atoms with Crippen LogP contribution in [0.4, 0.5) is 0 Å². The average molecular weight is 316 g/mol. The third-order valence-electron chi connectivity index (χ3n) is 3.98. The molecule has 0 radical (unpaired) electrons. The van der Waals surface area contributed by atoms with Gasteiger partial charge in [-0.15, -0.1) is 0 Å². The molecular weight excluding hydrogens is 288 g/mol. The number of aliphatic imine (C=N–C) groups is 1. The summed E-state index contributed by atoms with van der Waals surface area (Å²) in [5, 5.41) is 3.07. The van der Waals surface area contributed by atoms with Gasteiger partial charge >= 0.3 is 0 Å². The third kappa shape index (κ3) is 5.58. The Kier molecular flexibility index (Phi) is 6.44. The van der Waals surface area contributed by atoms with E-state index in [1.165, 1.54) is 11.1 Å². The lowest BCUT2D eigenvalue weighted by molar-refractivity contribution is -0.132. The number of benzene rings is 1. The number of fused-ring (bicyclic) bond motifs is 1. The molecule has 1 aromatic rings. The van der Waals surface area contributed by atoms with Crippen LogP contribution in [0.15, 0.2) is 29.3 Å². The van der Waals surface area contributed by atoms with Crippen molar-refractivity contribution in [1.29, 1.82) is 0 Å². The van der Waals surface area contributed by atoms with Gasteiger partial charge in [-0.2, -0.15) is 0 Å². The fraction of sp³-hybridized carbons (Fsp3) is 0.556. The van der Waals surface area contributed by atoms with E-state index in [2.05, 4.69) is 42.4 Å². The highest BCUT2D eigenvalue weighted by Crippen LogP contribution is 2.19. The van der Waals surface area contributed by atoms with E-state index >= 15 is 0 Å². The monoisotopic (exact) mass is 316 g/mol.